The third-order valence-corrected chi connectivity index (χ3v) is 4.85. The summed E-state index contributed by atoms with van der Waals surface area (Å²) in [6.45, 7) is 4.94. The second kappa shape index (κ2) is 5.82. The van der Waals surface area contributed by atoms with Gasteiger partial charge in [-0.2, -0.15) is 0 Å². The Hall–Kier alpha value is -0.620. The Morgan fingerprint density at radius 1 is 1.24 bits per heavy atom. The van der Waals surface area contributed by atoms with Crippen molar-refractivity contribution < 1.29 is 0 Å². The minimum atomic E-state index is -0.429. The van der Waals surface area contributed by atoms with E-state index >= 15 is 0 Å². The van der Waals surface area contributed by atoms with Gasteiger partial charge in [0, 0.05) is 18.3 Å². The molecule has 0 amide bonds. The molecule has 17 heavy (non-hydrogen) atoms. The van der Waals surface area contributed by atoms with Crippen molar-refractivity contribution in [3.05, 3.63) is 20.4 Å². The molecule has 1 aromatic rings. The molecule has 2 N–H and O–H groups in total. The van der Waals surface area contributed by atoms with Gasteiger partial charge in [0.2, 0.25) is 0 Å². The van der Waals surface area contributed by atoms with Gasteiger partial charge < -0.3 is 10.6 Å². The molecular weight excluding hydrogens is 256 g/mol. The van der Waals surface area contributed by atoms with E-state index in [4.69, 9.17) is 0 Å². The molecule has 4 nitrogen and oxygen atoms in total. The van der Waals surface area contributed by atoms with Crippen molar-refractivity contribution in [2.24, 2.45) is 0 Å². The number of hydrogen-bond donors (Lipinski definition) is 3. The molecular formula is C11H18N2O2S2. The average molecular weight is 274 g/mol. The zero-order valence-corrected chi connectivity index (χ0v) is 12.0. The number of thiol groups is 1. The number of hydrogen-bond acceptors (Lipinski definition) is 6. The van der Waals surface area contributed by atoms with E-state index in [0.717, 1.165) is 12.8 Å². The van der Waals surface area contributed by atoms with Gasteiger partial charge in [0.1, 0.15) is 11.4 Å². The second-order valence-corrected chi connectivity index (χ2v) is 6.38. The molecule has 0 aliphatic heterocycles. The van der Waals surface area contributed by atoms with E-state index in [0.29, 0.717) is 17.9 Å². The van der Waals surface area contributed by atoms with Gasteiger partial charge in [0.05, 0.1) is 0 Å². The van der Waals surface area contributed by atoms with E-state index in [1.54, 1.807) is 7.05 Å². The fourth-order valence-electron chi connectivity index (χ4n) is 1.57. The molecule has 0 saturated carbocycles. The van der Waals surface area contributed by atoms with Crippen LogP contribution in [0.5, 0.6) is 0 Å². The Labute approximate surface area is 110 Å². The quantitative estimate of drug-likeness (QED) is 0.307. The maximum atomic E-state index is 11.3. The van der Waals surface area contributed by atoms with Crippen LogP contribution in [0.15, 0.2) is 9.59 Å². The molecule has 0 atom stereocenters. The standard InChI is InChI=1S/C11H18N2O2S2/c1-11(2,17-16)5-4-6-13-8-7(12-3)9(14)10(8)15/h12-13,16H,4-6H2,1-3H3. The summed E-state index contributed by atoms with van der Waals surface area (Å²) in [6.07, 6.45) is 1.93. The minimum Gasteiger partial charge on any atom is -0.383 e. The molecule has 0 heterocycles. The molecule has 0 unspecified atom stereocenters. The predicted molar refractivity (Wildman–Crippen MR) is 79.3 cm³/mol. The molecule has 0 aliphatic rings. The fraction of sp³-hybridized carbons (Fsp3) is 0.636. The Morgan fingerprint density at radius 3 is 2.35 bits per heavy atom. The summed E-state index contributed by atoms with van der Waals surface area (Å²) >= 11 is 4.21. The third kappa shape index (κ3) is 3.42. The van der Waals surface area contributed by atoms with Crippen LogP contribution in [-0.2, 0) is 0 Å². The zero-order valence-electron chi connectivity index (χ0n) is 10.3. The van der Waals surface area contributed by atoms with Gasteiger partial charge in [-0.3, -0.25) is 9.59 Å². The van der Waals surface area contributed by atoms with E-state index in [-0.39, 0.29) is 4.75 Å². The average Bonchev–Trinajstić information content (AvgIpc) is 2.32. The molecule has 0 aliphatic carbocycles. The number of anilines is 2. The van der Waals surface area contributed by atoms with Crippen LogP contribution < -0.4 is 21.5 Å². The summed E-state index contributed by atoms with van der Waals surface area (Å²) in [5.74, 6) is 0. The van der Waals surface area contributed by atoms with Crippen molar-refractivity contribution in [2.75, 3.05) is 24.2 Å². The van der Waals surface area contributed by atoms with Gasteiger partial charge in [0.15, 0.2) is 0 Å². The Bertz CT molecular complexity index is 450. The van der Waals surface area contributed by atoms with Gasteiger partial charge in [-0.1, -0.05) is 10.8 Å². The Kier molecular flexibility index (Phi) is 4.94. The van der Waals surface area contributed by atoms with Crippen LogP contribution in [0.2, 0.25) is 0 Å². The first-order valence-corrected chi connectivity index (χ1v) is 7.37. The van der Waals surface area contributed by atoms with E-state index in [9.17, 15) is 9.59 Å². The molecule has 6 heteroatoms. The van der Waals surface area contributed by atoms with Gasteiger partial charge in [-0.25, -0.2) is 0 Å². The van der Waals surface area contributed by atoms with E-state index < -0.39 is 10.9 Å². The maximum absolute atomic E-state index is 11.3. The van der Waals surface area contributed by atoms with Crippen LogP contribution in [-0.4, -0.2) is 18.3 Å². The Morgan fingerprint density at radius 2 is 1.82 bits per heavy atom. The van der Waals surface area contributed by atoms with Crippen LogP contribution in [0, 0.1) is 0 Å². The minimum absolute atomic E-state index is 0.129. The topological polar surface area (TPSA) is 58.2 Å². The zero-order chi connectivity index (χ0) is 13.1. The van der Waals surface area contributed by atoms with Gasteiger partial charge in [0.25, 0.3) is 10.9 Å². The van der Waals surface area contributed by atoms with Crippen molar-refractivity contribution in [1.82, 2.24) is 0 Å². The second-order valence-electron chi connectivity index (χ2n) is 4.54. The lowest BCUT2D eigenvalue weighted by Gasteiger charge is -2.21. The lowest BCUT2D eigenvalue weighted by Crippen LogP contribution is -2.37. The summed E-state index contributed by atoms with van der Waals surface area (Å²) in [4.78, 5) is 22.4. The SMILES string of the molecule is CNc1c(NCCCC(C)(C)SS)c(=O)c1=O. The van der Waals surface area contributed by atoms with Crippen molar-refractivity contribution in [2.45, 2.75) is 31.4 Å². The summed E-state index contributed by atoms with van der Waals surface area (Å²) in [7, 11) is 3.17. The lowest BCUT2D eigenvalue weighted by atomic mass is 10.1. The highest BCUT2D eigenvalue weighted by molar-refractivity contribution is 8.69. The normalized spacial score (nSPS) is 11.8. The molecule has 0 fully saturated rings. The van der Waals surface area contributed by atoms with Crippen molar-refractivity contribution in [3.8, 4) is 0 Å². The van der Waals surface area contributed by atoms with Crippen LogP contribution in [0.25, 0.3) is 0 Å². The van der Waals surface area contributed by atoms with Crippen LogP contribution in [0.4, 0.5) is 11.4 Å². The molecule has 0 spiro atoms. The van der Waals surface area contributed by atoms with Crippen molar-refractivity contribution in [1.29, 1.82) is 0 Å². The highest BCUT2D eigenvalue weighted by Crippen LogP contribution is 2.31. The smallest absolute Gasteiger partial charge is 0.253 e. The maximum Gasteiger partial charge on any atom is 0.253 e. The monoisotopic (exact) mass is 274 g/mol. The van der Waals surface area contributed by atoms with E-state index in [2.05, 4.69) is 36.1 Å². The molecule has 0 aromatic heterocycles. The van der Waals surface area contributed by atoms with E-state index in [1.165, 1.54) is 10.8 Å². The lowest BCUT2D eigenvalue weighted by molar-refractivity contribution is 0.618. The van der Waals surface area contributed by atoms with E-state index in [1.807, 2.05) is 0 Å². The van der Waals surface area contributed by atoms with Crippen molar-refractivity contribution >= 4 is 33.8 Å². The van der Waals surface area contributed by atoms with Crippen molar-refractivity contribution in [3.63, 3.8) is 0 Å². The van der Waals surface area contributed by atoms with Gasteiger partial charge in [-0.05, 0) is 26.7 Å². The van der Waals surface area contributed by atoms with Gasteiger partial charge in [-0.15, -0.1) is 11.7 Å². The molecule has 1 aromatic carbocycles. The molecule has 0 saturated heterocycles. The summed E-state index contributed by atoms with van der Waals surface area (Å²) in [5.41, 5.74) is -0.0231. The van der Waals surface area contributed by atoms with Gasteiger partial charge >= 0.3 is 0 Å². The largest absolute Gasteiger partial charge is 0.383 e. The highest BCUT2D eigenvalue weighted by atomic mass is 33.1. The predicted octanol–water partition coefficient (Wildman–Crippen LogP) is 1.87. The first-order valence-electron chi connectivity index (χ1n) is 5.50. The summed E-state index contributed by atoms with van der Waals surface area (Å²) in [5, 5.41) is 5.74. The van der Waals surface area contributed by atoms with Crippen LogP contribution >= 0.6 is 22.5 Å². The van der Waals surface area contributed by atoms with Crippen LogP contribution in [0.3, 0.4) is 0 Å². The number of nitrogens with one attached hydrogen (secondary N) is 2. The molecule has 96 valence electrons. The number of rotatable bonds is 7. The third-order valence-electron chi connectivity index (χ3n) is 2.66. The Balaban J connectivity index is 2.40. The molecule has 0 radical (unpaired) electrons. The fourth-order valence-corrected chi connectivity index (χ4v) is 2.08. The molecule has 0 bridgehead atoms. The summed E-state index contributed by atoms with van der Waals surface area (Å²) < 4.78 is 0.129. The summed E-state index contributed by atoms with van der Waals surface area (Å²) in [6, 6.07) is 0. The van der Waals surface area contributed by atoms with Crippen LogP contribution in [0.1, 0.15) is 26.7 Å². The molecule has 1 rings (SSSR count). The first kappa shape index (κ1) is 14.4. The highest BCUT2D eigenvalue weighted by Gasteiger charge is 2.20. The first-order chi connectivity index (χ1) is 7.93.